The number of aromatic nitrogens is 6. The molecule has 5 rings (SSSR count). The molecule has 5 heterocycles. The van der Waals surface area contributed by atoms with Gasteiger partial charge in [-0.25, -0.2) is 9.97 Å². The zero-order valence-corrected chi connectivity index (χ0v) is 19.8. The van der Waals surface area contributed by atoms with Crippen molar-refractivity contribution in [3.63, 3.8) is 0 Å². The number of nitrogens with zero attached hydrogens (tertiary/aromatic N) is 6. The van der Waals surface area contributed by atoms with Gasteiger partial charge in [-0.3, -0.25) is 14.7 Å². The minimum Gasteiger partial charge on any atom is -0.339 e. The minimum absolute atomic E-state index is 0.0321. The lowest BCUT2D eigenvalue weighted by Crippen LogP contribution is -2.38. The normalized spacial score (nSPS) is 15.5. The van der Waals surface area contributed by atoms with Gasteiger partial charge in [-0.15, -0.1) is 0 Å². The Morgan fingerprint density at radius 2 is 2.11 bits per heavy atom. The van der Waals surface area contributed by atoms with Gasteiger partial charge in [-0.2, -0.15) is 10.1 Å². The van der Waals surface area contributed by atoms with E-state index in [4.69, 9.17) is 16.1 Å². The van der Waals surface area contributed by atoms with Crippen molar-refractivity contribution in [2.45, 2.75) is 18.8 Å². The van der Waals surface area contributed by atoms with Gasteiger partial charge in [0.25, 0.3) is 5.91 Å². The van der Waals surface area contributed by atoms with E-state index in [0.717, 1.165) is 12.8 Å². The molecule has 0 radical (unpaired) electrons. The van der Waals surface area contributed by atoms with E-state index in [9.17, 15) is 9.59 Å². The van der Waals surface area contributed by atoms with Crippen molar-refractivity contribution in [3.8, 4) is 22.8 Å². The van der Waals surface area contributed by atoms with Crippen LogP contribution in [0.3, 0.4) is 0 Å². The molecular weight excluding hydrogens is 484 g/mol. The largest absolute Gasteiger partial charge is 0.339 e. The Kier molecular flexibility index (Phi) is 6.54. The molecule has 0 bridgehead atoms. The maximum atomic E-state index is 12.7. The number of nitrogens with one attached hydrogen (secondary N) is 2. The minimum atomic E-state index is -0.425. The summed E-state index contributed by atoms with van der Waals surface area (Å²) in [4.78, 5) is 39.5. The average molecular weight is 505 g/mol. The molecule has 1 atom stereocenters. The fraction of sp³-hybridized carbons (Fsp3) is 0.208. The zero-order valence-electron chi connectivity index (χ0n) is 19.0. The molecule has 2 N–H and O–H groups in total. The van der Waals surface area contributed by atoms with Crippen LogP contribution in [-0.2, 0) is 4.79 Å². The summed E-state index contributed by atoms with van der Waals surface area (Å²) < 4.78 is 5.48. The maximum Gasteiger partial charge on any atom is 0.275 e. The highest BCUT2D eigenvalue weighted by Crippen LogP contribution is 2.28. The summed E-state index contributed by atoms with van der Waals surface area (Å²) in [5, 5.41) is 13.8. The number of rotatable bonds is 6. The first kappa shape index (κ1) is 23.4. The molecule has 182 valence electrons. The lowest BCUT2D eigenvalue weighted by atomic mass is 9.98. The van der Waals surface area contributed by atoms with Gasteiger partial charge in [0, 0.05) is 24.8 Å². The van der Waals surface area contributed by atoms with E-state index in [0.29, 0.717) is 52.6 Å². The fourth-order valence-corrected chi connectivity index (χ4v) is 4.15. The molecule has 0 spiro atoms. The SMILES string of the molecule is C=CC(=O)N1CCCC(c2nc(-c3ccc(NC(=O)c4cccc(-c5[nH]ncc5Cl)n4)nc3)no2)C1. The van der Waals surface area contributed by atoms with Crippen molar-refractivity contribution in [2.75, 3.05) is 18.4 Å². The topological polar surface area (TPSA) is 143 Å². The number of likely N-dealkylation sites (tertiary alicyclic amines) is 1. The van der Waals surface area contributed by atoms with Crippen LogP contribution in [0, 0.1) is 0 Å². The number of anilines is 1. The van der Waals surface area contributed by atoms with Crippen molar-refractivity contribution in [1.82, 2.24) is 35.2 Å². The van der Waals surface area contributed by atoms with Gasteiger partial charge in [0.2, 0.25) is 17.6 Å². The summed E-state index contributed by atoms with van der Waals surface area (Å²) >= 11 is 6.09. The molecule has 0 saturated carbocycles. The number of carbonyl (C=O) groups excluding carboxylic acids is 2. The molecule has 1 aliphatic heterocycles. The molecule has 4 aromatic rings. The molecule has 4 aromatic heterocycles. The quantitative estimate of drug-likeness (QED) is 0.378. The summed E-state index contributed by atoms with van der Waals surface area (Å²) in [6.45, 7) is 4.75. The molecule has 1 unspecified atom stereocenters. The number of halogens is 1. The van der Waals surface area contributed by atoms with Crippen molar-refractivity contribution >= 4 is 29.2 Å². The van der Waals surface area contributed by atoms with Gasteiger partial charge < -0.3 is 14.7 Å². The third kappa shape index (κ3) is 4.86. The first-order valence-corrected chi connectivity index (χ1v) is 11.6. The number of piperidine rings is 1. The number of amides is 2. The molecule has 11 nitrogen and oxygen atoms in total. The number of hydrogen-bond acceptors (Lipinski definition) is 8. The van der Waals surface area contributed by atoms with Gasteiger partial charge >= 0.3 is 0 Å². The standard InChI is InChI=1S/C24H21ClN8O3/c1-2-20(34)33-10-4-5-15(13-33)24-30-22(32-36-24)14-8-9-19(26-11-14)29-23(35)18-7-3-6-17(28-18)21-16(25)12-27-31-21/h2-3,6-9,11-12,15H,1,4-5,10,13H2,(H,27,31)(H,26,29,35). The van der Waals surface area contributed by atoms with Crippen molar-refractivity contribution in [3.05, 3.63) is 72.0 Å². The smallest absolute Gasteiger partial charge is 0.275 e. The zero-order chi connectivity index (χ0) is 25.1. The van der Waals surface area contributed by atoms with Gasteiger partial charge in [-0.05, 0) is 43.2 Å². The van der Waals surface area contributed by atoms with E-state index >= 15 is 0 Å². The van der Waals surface area contributed by atoms with Crippen LogP contribution < -0.4 is 5.32 Å². The van der Waals surface area contributed by atoms with E-state index in [1.54, 1.807) is 41.4 Å². The predicted molar refractivity (Wildman–Crippen MR) is 131 cm³/mol. The van der Waals surface area contributed by atoms with E-state index in [2.05, 4.69) is 42.2 Å². The number of carbonyl (C=O) groups is 2. The second-order valence-electron chi connectivity index (χ2n) is 8.17. The molecule has 1 fully saturated rings. The van der Waals surface area contributed by atoms with Crippen LogP contribution in [0.5, 0.6) is 0 Å². The average Bonchev–Trinajstić information content (AvgIpc) is 3.58. The number of hydrogen-bond donors (Lipinski definition) is 2. The van der Waals surface area contributed by atoms with E-state index in [1.165, 1.54) is 12.3 Å². The Morgan fingerprint density at radius 1 is 1.22 bits per heavy atom. The van der Waals surface area contributed by atoms with Gasteiger partial charge in [0.05, 0.1) is 22.8 Å². The Labute approximate surface area is 210 Å². The monoisotopic (exact) mass is 504 g/mol. The van der Waals surface area contributed by atoms with Crippen LogP contribution in [0.1, 0.15) is 35.1 Å². The van der Waals surface area contributed by atoms with E-state index in [1.807, 2.05) is 0 Å². The van der Waals surface area contributed by atoms with Crippen LogP contribution in [0.15, 0.2) is 59.9 Å². The fourth-order valence-electron chi connectivity index (χ4n) is 3.96. The highest BCUT2D eigenvalue weighted by atomic mass is 35.5. The summed E-state index contributed by atoms with van der Waals surface area (Å²) in [5.74, 6) is 0.639. The van der Waals surface area contributed by atoms with E-state index in [-0.39, 0.29) is 17.5 Å². The number of aromatic amines is 1. The maximum absolute atomic E-state index is 12.7. The van der Waals surface area contributed by atoms with Crippen molar-refractivity contribution < 1.29 is 14.1 Å². The second kappa shape index (κ2) is 10.1. The molecule has 0 aromatic carbocycles. The van der Waals surface area contributed by atoms with E-state index < -0.39 is 5.91 Å². The first-order chi connectivity index (χ1) is 17.5. The first-order valence-electron chi connectivity index (χ1n) is 11.2. The molecule has 1 aliphatic rings. The molecule has 1 saturated heterocycles. The third-order valence-corrected chi connectivity index (χ3v) is 6.08. The lowest BCUT2D eigenvalue weighted by Gasteiger charge is -2.30. The van der Waals surface area contributed by atoms with Gasteiger partial charge in [0.15, 0.2) is 0 Å². The lowest BCUT2D eigenvalue weighted by molar-refractivity contribution is -0.127. The molecule has 36 heavy (non-hydrogen) atoms. The summed E-state index contributed by atoms with van der Waals surface area (Å²) in [6.07, 6.45) is 6.04. The molecular formula is C24H21ClN8O3. The highest BCUT2D eigenvalue weighted by molar-refractivity contribution is 6.32. The Bertz CT molecular complexity index is 1410. The van der Waals surface area contributed by atoms with Gasteiger partial charge in [0.1, 0.15) is 17.2 Å². The third-order valence-electron chi connectivity index (χ3n) is 5.79. The van der Waals surface area contributed by atoms with Crippen molar-refractivity contribution in [2.24, 2.45) is 0 Å². The van der Waals surface area contributed by atoms with Crippen LogP contribution in [0.4, 0.5) is 5.82 Å². The van der Waals surface area contributed by atoms with Crippen LogP contribution in [0.2, 0.25) is 5.02 Å². The molecule has 12 heteroatoms. The molecule has 0 aliphatic carbocycles. The second-order valence-corrected chi connectivity index (χ2v) is 8.58. The highest BCUT2D eigenvalue weighted by Gasteiger charge is 2.28. The Hall–Kier alpha value is -4.38. The number of H-pyrrole nitrogens is 1. The number of pyridine rings is 2. The van der Waals surface area contributed by atoms with Crippen molar-refractivity contribution in [1.29, 1.82) is 0 Å². The van der Waals surface area contributed by atoms with Crippen LogP contribution in [0.25, 0.3) is 22.8 Å². The Morgan fingerprint density at radius 3 is 2.86 bits per heavy atom. The van der Waals surface area contributed by atoms with Crippen LogP contribution in [-0.4, -0.2) is 60.1 Å². The molecule has 2 amide bonds. The summed E-state index contributed by atoms with van der Waals surface area (Å²) in [6, 6.07) is 8.40. The Balaban J connectivity index is 1.25. The summed E-state index contributed by atoms with van der Waals surface area (Å²) in [7, 11) is 0. The van der Waals surface area contributed by atoms with Crippen LogP contribution >= 0.6 is 11.6 Å². The predicted octanol–water partition coefficient (Wildman–Crippen LogP) is 3.71. The summed E-state index contributed by atoms with van der Waals surface area (Å²) in [5.41, 5.74) is 1.85. The van der Waals surface area contributed by atoms with Gasteiger partial charge in [-0.1, -0.05) is 29.4 Å².